The minimum absolute atomic E-state index is 0.428. The number of pyridine rings is 1. The lowest BCUT2D eigenvalue weighted by molar-refractivity contribution is 0.112. The van der Waals surface area contributed by atoms with Gasteiger partial charge in [-0.3, -0.25) is 4.79 Å². The molecule has 0 unspecified atom stereocenters. The Hall–Kier alpha value is -1.61. The number of rotatable bonds is 2. The molecule has 0 saturated carbocycles. The molecule has 0 aliphatic rings. The molecule has 0 aliphatic carbocycles. The molecule has 0 N–H and O–H groups in total. The van der Waals surface area contributed by atoms with Crippen LogP contribution in [0.2, 0.25) is 5.15 Å². The van der Waals surface area contributed by atoms with E-state index in [4.69, 9.17) is 16.0 Å². The van der Waals surface area contributed by atoms with Crippen LogP contribution in [-0.2, 0) is 0 Å². The minimum Gasteiger partial charge on any atom is -0.461 e. The first-order valence-electron chi connectivity index (χ1n) is 4.38. The fourth-order valence-corrected chi connectivity index (χ4v) is 1.39. The van der Waals surface area contributed by atoms with Crippen molar-refractivity contribution in [1.82, 2.24) is 4.98 Å². The Labute approximate surface area is 91.7 Å². The van der Waals surface area contributed by atoms with E-state index in [0.717, 1.165) is 11.8 Å². The number of carbonyl (C=O) groups excluding carboxylic acids is 1. The maximum Gasteiger partial charge on any atom is 0.153 e. The summed E-state index contributed by atoms with van der Waals surface area (Å²) in [7, 11) is 0. The van der Waals surface area contributed by atoms with Crippen molar-refractivity contribution >= 4 is 17.9 Å². The smallest absolute Gasteiger partial charge is 0.153 e. The summed E-state index contributed by atoms with van der Waals surface area (Å²) in [5.74, 6) is 1.23. The number of nitrogens with zero attached hydrogens (tertiary/aromatic N) is 1. The van der Waals surface area contributed by atoms with Gasteiger partial charge in [0.15, 0.2) is 6.29 Å². The predicted molar refractivity (Wildman–Crippen MR) is 57.1 cm³/mol. The van der Waals surface area contributed by atoms with Crippen LogP contribution in [0.3, 0.4) is 0 Å². The van der Waals surface area contributed by atoms with E-state index in [1.54, 1.807) is 31.3 Å². The van der Waals surface area contributed by atoms with Crippen LogP contribution in [0.1, 0.15) is 16.1 Å². The lowest BCUT2D eigenvalue weighted by Crippen LogP contribution is -1.77. The van der Waals surface area contributed by atoms with Crippen LogP contribution in [-0.4, -0.2) is 11.3 Å². The van der Waals surface area contributed by atoms with Crippen molar-refractivity contribution in [2.24, 2.45) is 0 Å². The monoisotopic (exact) mass is 221 g/mol. The molecule has 0 amide bonds. The third-order valence-electron chi connectivity index (χ3n) is 2.10. The highest BCUT2D eigenvalue weighted by molar-refractivity contribution is 6.29. The molecular formula is C11H8ClNO2. The van der Waals surface area contributed by atoms with E-state index < -0.39 is 0 Å². The molecule has 2 aromatic rings. The highest BCUT2D eigenvalue weighted by atomic mass is 35.5. The van der Waals surface area contributed by atoms with Crippen molar-refractivity contribution in [1.29, 1.82) is 0 Å². The number of hydrogen-bond acceptors (Lipinski definition) is 3. The number of aryl methyl sites for hydroxylation is 1. The maximum atomic E-state index is 10.6. The predicted octanol–water partition coefficient (Wildman–Crippen LogP) is 3.12. The van der Waals surface area contributed by atoms with E-state index in [1.807, 2.05) is 0 Å². The fraction of sp³-hybridized carbons (Fsp3) is 0.0909. The van der Waals surface area contributed by atoms with Gasteiger partial charge in [0.05, 0.1) is 5.56 Å². The van der Waals surface area contributed by atoms with Crippen molar-refractivity contribution in [3.8, 4) is 11.3 Å². The Kier molecular flexibility index (Phi) is 2.56. The summed E-state index contributed by atoms with van der Waals surface area (Å²) >= 11 is 5.66. The van der Waals surface area contributed by atoms with Gasteiger partial charge < -0.3 is 4.42 Å². The molecular weight excluding hydrogens is 214 g/mol. The van der Waals surface area contributed by atoms with Gasteiger partial charge in [0.1, 0.15) is 16.7 Å². The highest BCUT2D eigenvalue weighted by Gasteiger charge is 2.08. The summed E-state index contributed by atoms with van der Waals surface area (Å²) < 4.78 is 5.42. The number of hydrogen-bond donors (Lipinski definition) is 0. The van der Waals surface area contributed by atoms with Crippen LogP contribution in [0.25, 0.3) is 11.3 Å². The van der Waals surface area contributed by atoms with Crippen LogP contribution in [0.15, 0.2) is 28.8 Å². The molecule has 0 bridgehead atoms. The van der Waals surface area contributed by atoms with Gasteiger partial charge in [-0.2, -0.15) is 0 Å². The Morgan fingerprint density at radius 3 is 2.80 bits per heavy atom. The van der Waals surface area contributed by atoms with E-state index in [2.05, 4.69) is 4.98 Å². The molecule has 0 aromatic carbocycles. The van der Waals surface area contributed by atoms with Gasteiger partial charge in [0.25, 0.3) is 0 Å². The largest absolute Gasteiger partial charge is 0.461 e. The third kappa shape index (κ3) is 1.92. The standard InChI is InChI=1S/C11H8ClNO2/c1-7-9(6-14)4-10(15-7)8-2-3-11(12)13-5-8/h2-6H,1H3. The molecule has 0 aliphatic heterocycles. The molecule has 3 nitrogen and oxygen atoms in total. The Morgan fingerprint density at radius 2 is 2.27 bits per heavy atom. The van der Waals surface area contributed by atoms with Crippen molar-refractivity contribution in [2.75, 3.05) is 0 Å². The van der Waals surface area contributed by atoms with Crippen LogP contribution >= 0.6 is 11.6 Å². The van der Waals surface area contributed by atoms with Crippen LogP contribution in [0.5, 0.6) is 0 Å². The zero-order valence-corrected chi connectivity index (χ0v) is 8.78. The first-order chi connectivity index (χ1) is 7.20. The fourth-order valence-electron chi connectivity index (χ4n) is 1.28. The van der Waals surface area contributed by atoms with Crippen molar-refractivity contribution in [2.45, 2.75) is 6.92 Å². The average Bonchev–Trinajstić information content (AvgIpc) is 2.61. The zero-order valence-electron chi connectivity index (χ0n) is 8.03. The first kappa shape index (κ1) is 9.93. The number of halogens is 1. The molecule has 2 aromatic heterocycles. The van der Waals surface area contributed by atoms with E-state index in [9.17, 15) is 4.79 Å². The molecule has 0 radical (unpaired) electrons. The quantitative estimate of drug-likeness (QED) is 0.578. The molecule has 4 heteroatoms. The maximum absolute atomic E-state index is 10.6. The molecule has 15 heavy (non-hydrogen) atoms. The Bertz CT molecular complexity index is 488. The SMILES string of the molecule is Cc1oc(-c2ccc(Cl)nc2)cc1C=O. The second kappa shape index (κ2) is 3.87. The number of aldehydes is 1. The number of carbonyl (C=O) groups is 1. The topological polar surface area (TPSA) is 43.1 Å². The summed E-state index contributed by atoms with van der Waals surface area (Å²) in [5.41, 5.74) is 1.36. The second-order valence-corrected chi connectivity index (χ2v) is 3.50. The third-order valence-corrected chi connectivity index (χ3v) is 2.32. The molecule has 0 spiro atoms. The number of furan rings is 1. The summed E-state index contributed by atoms with van der Waals surface area (Å²) in [6.07, 6.45) is 2.38. The Morgan fingerprint density at radius 1 is 1.47 bits per heavy atom. The first-order valence-corrected chi connectivity index (χ1v) is 4.76. The van der Waals surface area contributed by atoms with Gasteiger partial charge in [-0.05, 0) is 25.1 Å². The Balaban J connectivity index is 2.45. The summed E-state index contributed by atoms with van der Waals surface area (Å²) in [5, 5.41) is 0.428. The van der Waals surface area contributed by atoms with Gasteiger partial charge in [0, 0.05) is 11.8 Å². The molecule has 0 fully saturated rings. The van der Waals surface area contributed by atoms with Gasteiger partial charge in [-0.25, -0.2) is 4.98 Å². The second-order valence-electron chi connectivity index (χ2n) is 3.11. The lowest BCUT2D eigenvalue weighted by atomic mass is 10.2. The normalized spacial score (nSPS) is 10.3. The van der Waals surface area contributed by atoms with Crippen LogP contribution in [0.4, 0.5) is 0 Å². The molecule has 2 rings (SSSR count). The van der Waals surface area contributed by atoms with Crippen LogP contribution < -0.4 is 0 Å². The molecule has 0 saturated heterocycles. The van der Waals surface area contributed by atoms with Crippen LogP contribution in [0, 0.1) is 6.92 Å². The van der Waals surface area contributed by atoms with E-state index in [1.165, 1.54) is 0 Å². The van der Waals surface area contributed by atoms with Gasteiger partial charge in [-0.1, -0.05) is 11.6 Å². The van der Waals surface area contributed by atoms with Gasteiger partial charge >= 0.3 is 0 Å². The summed E-state index contributed by atoms with van der Waals surface area (Å²) in [6, 6.07) is 5.16. The molecule has 2 heterocycles. The highest BCUT2D eigenvalue weighted by Crippen LogP contribution is 2.24. The van der Waals surface area contributed by atoms with Crippen molar-refractivity contribution in [3.05, 3.63) is 40.9 Å². The van der Waals surface area contributed by atoms with Gasteiger partial charge in [-0.15, -0.1) is 0 Å². The van der Waals surface area contributed by atoms with E-state index in [0.29, 0.717) is 22.2 Å². The van der Waals surface area contributed by atoms with E-state index >= 15 is 0 Å². The van der Waals surface area contributed by atoms with Crippen molar-refractivity contribution < 1.29 is 9.21 Å². The van der Waals surface area contributed by atoms with Gasteiger partial charge in [0.2, 0.25) is 0 Å². The summed E-state index contributed by atoms with van der Waals surface area (Å²) in [4.78, 5) is 14.6. The average molecular weight is 222 g/mol. The zero-order chi connectivity index (χ0) is 10.8. The van der Waals surface area contributed by atoms with E-state index in [-0.39, 0.29) is 0 Å². The molecule has 0 atom stereocenters. The summed E-state index contributed by atoms with van der Waals surface area (Å²) in [6.45, 7) is 1.75. The number of aromatic nitrogens is 1. The molecule has 76 valence electrons. The lowest BCUT2D eigenvalue weighted by Gasteiger charge is -1.95. The minimum atomic E-state index is 0.428. The van der Waals surface area contributed by atoms with Crippen molar-refractivity contribution in [3.63, 3.8) is 0 Å².